The van der Waals surface area contributed by atoms with E-state index < -0.39 is 27.6 Å². The number of nitrogens with zero attached hydrogens (tertiary/aromatic N) is 1. The minimum absolute atomic E-state index is 0.245. The van der Waals surface area contributed by atoms with Gasteiger partial charge in [-0.25, -0.2) is 9.08 Å². The van der Waals surface area contributed by atoms with Gasteiger partial charge < -0.3 is 0 Å². The lowest BCUT2D eigenvalue weighted by Crippen LogP contribution is -2.33. The van der Waals surface area contributed by atoms with E-state index in [0.29, 0.717) is 0 Å². The van der Waals surface area contributed by atoms with Gasteiger partial charge in [0.2, 0.25) is 0 Å². The fourth-order valence-corrected chi connectivity index (χ4v) is 1.84. The van der Waals surface area contributed by atoms with Crippen LogP contribution >= 0.6 is 0 Å². The summed E-state index contributed by atoms with van der Waals surface area (Å²) in [5.74, 6) is -1.13. The molecule has 1 atom stereocenters. The molecular weight excluding hydrogens is 266 g/mol. The number of carbonyl (C=O) groups is 2. The zero-order valence-corrected chi connectivity index (χ0v) is 9.99. The van der Waals surface area contributed by atoms with Gasteiger partial charge in [-0.1, -0.05) is 12.1 Å². The Morgan fingerprint density at radius 2 is 1.71 bits per heavy atom. The molecule has 0 radical (unpaired) electrons. The Morgan fingerprint density at radius 1 is 1.24 bits per heavy atom. The normalized spacial score (nSPS) is 18.1. The molecule has 1 aromatic rings. The molecule has 1 N–H and O–H groups in total. The summed E-state index contributed by atoms with van der Waals surface area (Å²) in [6, 6.07) is 6.24. The third kappa shape index (κ3) is 2.34. The number of hydrogen-bond donors (Lipinski definition) is 1. The summed E-state index contributed by atoms with van der Waals surface area (Å²) in [6.07, 6.45) is 0. The van der Waals surface area contributed by atoms with Gasteiger partial charge in [-0.2, -0.15) is 4.21 Å². The molecule has 0 bridgehead atoms. The molecule has 0 aromatic heterocycles. The van der Waals surface area contributed by atoms with Crippen molar-refractivity contribution in [3.8, 4) is 0 Å². The SMILES string of the molecule is O=C1c2ccccc2C(=O)N1COS(=O)(O)=S. The number of hydrogen-bond acceptors (Lipinski definition) is 5. The molecule has 6 nitrogen and oxygen atoms in total. The molecule has 17 heavy (non-hydrogen) atoms. The Balaban J connectivity index is 2.25. The maximum atomic E-state index is 11.7. The molecule has 1 aromatic carbocycles. The molecule has 0 aliphatic carbocycles. The van der Waals surface area contributed by atoms with E-state index in [9.17, 15) is 13.8 Å². The fourth-order valence-electron chi connectivity index (χ4n) is 1.48. The van der Waals surface area contributed by atoms with Gasteiger partial charge in [0, 0.05) is 11.2 Å². The molecule has 1 unspecified atom stereocenters. The second kappa shape index (κ2) is 4.15. The highest BCUT2D eigenvalue weighted by molar-refractivity contribution is 8.27. The summed E-state index contributed by atoms with van der Waals surface area (Å²) in [4.78, 5) is 24.2. The van der Waals surface area contributed by atoms with E-state index in [1.165, 1.54) is 12.1 Å². The van der Waals surface area contributed by atoms with Crippen LogP contribution in [0.25, 0.3) is 0 Å². The molecular formula is C9H7NO5S2. The van der Waals surface area contributed by atoms with E-state index in [2.05, 4.69) is 15.4 Å². The summed E-state index contributed by atoms with van der Waals surface area (Å²) in [7, 11) is -3.86. The van der Waals surface area contributed by atoms with Crippen molar-refractivity contribution in [1.82, 2.24) is 4.90 Å². The molecule has 0 fully saturated rings. The molecule has 0 saturated carbocycles. The second-order valence-electron chi connectivity index (χ2n) is 3.26. The van der Waals surface area contributed by atoms with Crippen molar-refractivity contribution in [3.63, 3.8) is 0 Å². The Labute approximate surface area is 102 Å². The molecule has 90 valence electrons. The number of benzene rings is 1. The first-order valence-corrected chi connectivity index (χ1v) is 6.84. The van der Waals surface area contributed by atoms with Gasteiger partial charge in [0.1, 0.15) is 6.73 Å². The Hall–Kier alpha value is -1.35. The van der Waals surface area contributed by atoms with Crippen molar-refractivity contribution in [2.75, 3.05) is 6.73 Å². The number of imide groups is 1. The van der Waals surface area contributed by atoms with Gasteiger partial charge in [0.25, 0.3) is 20.9 Å². The maximum absolute atomic E-state index is 11.7. The highest BCUT2D eigenvalue weighted by atomic mass is 32.9. The van der Waals surface area contributed by atoms with E-state index in [0.717, 1.165) is 4.90 Å². The van der Waals surface area contributed by atoms with Crippen LogP contribution in [0.3, 0.4) is 0 Å². The van der Waals surface area contributed by atoms with Crippen LogP contribution in [-0.2, 0) is 24.4 Å². The molecule has 0 spiro atoms. The van der Waals surface area contributed by atoms with Crippen LogP contribution in [0.5, 0.6) is 0 Å². The van der Waals surface area contributed by atoms with Crippen LogP contribution < -0.4 is 0 Å². The standard InChI is InChI=1S/C9H7NO5S2/c11-8-6-3-1-2-4-7(6)9(12)10(8)5-15-17(13,14)16/h1-4H,5H2,(H,13,14,16). The minimum atomic E-state index is -3.86. The number of rotatable bonds is 3. The summed E-state index contributed by atoms with van der Waals surface area (Å²) >= 11 is 4.10. The third-order valence-electron chi connectivity index (χ3n) is 2.21. The summed E-state index contributed by atoms with van der Waals surface area (Å²) in [5, 5.41) is 0. The van der Waals surface area contributed by atoms with E-state index in [4.69, 9.17) is 4.55 Å². The topological polar surface area (TPSA) is 83.9 Å². The van der Waals surface area contributed by atoms with Crippen LogP contribution in [0, 0.1) is 0 Å². The Bertz CT molecular complexity index is 560. The molecule has 1 aliphatic heterocycles. The van der Waals surface area contributed by atoms with Gasteiger partial charge in [-0.05, 0) is 12.1 Å². The van der Waals surface area contributed by atoms with Gasteiger partial charge in [-0.15, -0.1) is 0 Å². The predicted octanol–water partition coefficient (Wildman–Crippen LogP) is 0.391. The number of amides is 2. The van der Waals surface area contributed by atoms with E-state index >= 15 is 0 Å². The number of fused-ring (bicyclic) bond motifs is 1. The van der Waals surface area contributed by atoms with Crippen LogP contribution in [0.1, 0.15) is 20.7 Å². The van der Waals surface area contributed by atoms with Crippen LogP contribution in [0.4, 0.5) is 0 Å². The van der Waals surface area contributed by atoms with Crippen molar-refractivity contribution in [1.29, 1.82) is 0 Å². The van der Waals surface area contributed by atoms with Gasteiger partial charge in [-0.3, -0.25) is 14.1 Å². The van der Waals surface area contributed by atoms with Crippen molar-refractivity contribution in [3.05, 3.63) is 35.4 Å². The Kier molecular flexibility index (Phi) is 2.96. The largest absolute Gasteiger partial charge is 0.285 e. The summed E-state index contributed by atoms with van der Waals surface area (Å²) < 4.78 is 23.8. The molecule has 1 aliphatic rings. The van der Waals surface area contributed by atoms with Gasteiger partial charge in [0.05, 0.1) is 11.1 Å². The van der Waals surface area contributed by atoms with E-state index in [-0.39, 0.29) is 11.1 Å². The fraction of sp³-hybridized carbons (Fsp3) is 0.111. The predicted molar refractivity (Wildman–Crippen MR) is 61.0 cm³/mol. The van der Waals surface area contributed by atoms with E-state index in [1.807, 2.05) is 0 Å². The average Bonchev–Trinajstić information content (AvgIpc) is 2.49. The quantitative estimate of drug-likeness (QED) is 0.802. The van der Waals surface area contributed by atoms with Crippen LogP contribution in [0.15, 0.2) is 24.3 Å². The first-order valence-electron chi connectivity index (χ1n) is 4.47. The lowest BCUT2D eigenvalue weighted by molar-refractivity contribution is 0.0529. The zero-order valence-electron chi connectivity index (χ0n) is 8.36. The van der Waals surface area contributed by atoms with Crippen LogP contribution in [0.2, 0.25) is 0 Å². The van der Waals surface area contributed by atoms with Crippen molar-refractivity contribution >= 4 is 32.1 Å². The average molecular weight is 273 g/mol. The molecule has 0 saturated heterocycles. The summed E-state index contributed by atoms with van der Waals surface area (Å²) in [6.45, 7) is -0.634. The molecule has 2 amide bonds. The van der Waals surface area contributed by atoms with Gasteiger partial charge >= 0.3 is 0 Å². The minimum Gasteiger partial charge on any atom is -0.285 e. The molecule has 1 heterocycles. The third-order valence-corrected chi connectivity index (χ3v) is 2.90. The first kappa shape index (κ1) is 12.1. The van der Waals surface area contributed by atoms with Crippen molar-refractivity contribution in [2.24, 2.45) is 0 Å². The van der Waals surface area contributed by atoms with Gasteiger partial charge in [0.15, 0.2) is 0 Å². The second-order valence-corrected chi connectivity index (χ2v) is 5.61. The molecule has 8 heteroatoms. The number of carbonyl (C=O) groups excluding carboxylic acids is 2. The Morgan fingerprint density at radius 3 is 2.12 bits per heavy atom. The smallest absolute Gasteiger partial charge is 0.268 e. The highest BCUT2D eigenvalue weighted by Crippen LogP contribution is 2.22. The van der Waals surface area contributed by atoms with E-state index in [1.54, 1.807) is 12.1 Å². The summed E-state index contributed by atoms with van der Waals surface area (Å²) in [5.41, 5.74) is 0.491. The first-order chi connectivity index (χ1) is 7.90. The maximum Gasteiger partial charge on any atom is 0.268 e. The van der Waals surface area contributed by atoms with Crippen LogP contribution in [-0.4, -0.2) is 32.2 Å². The highest BCUT2D eigenvalue weighted by Gasteiger charge is 2.35. The molecule has 2 rings (SSSR count). The monoisotopic (exact) mass is 273 g/mol. The lowest BCUT2D eigenvalue weighted by Gasteiger charge is -2.12. The lowest BCUT2D eigenvalue weighted by atomic mass is 10.1. The van der Waals surface area contributed by atoms with Crippen molar-refractivity contribution in [2.45, 2.75) is 0 Å². The van der Waals surface area contributed by atoms with Crippen molar-refractivity contribution < 1.29 is 22.5 Å². The zero-order chi connectivity index (χ0) is 12.6.